The topological polar surface area (TPSA) is 15.3 Å². The van der Waals surface area contributed by atoms with Crippen molar-refractivity contribution in [3.63, 3.8) is 0 Å². The van der Waals surface area contributed by atoms with Crippen LogP contribution in [-0.4, -0.2) is 32.4 Å². The molecule has 0 amide bonds. The van der Waals surface area contributed by atoms with E-state index < -0.39 is 0 Å². The molecule has 0 spiro atoms. The molecule has 100 valence electrons. The fourth-order valence-corrected chi connectivity index (χ4v) is 3.96. The maximum absolute atomic E-state index is 3.24. The first-order valence-electron chi connectivity index (χ1n) is 6.75. The van der Waals surface area contributed by atoms with Gasteiger partial charge in [-0.05, 0) is 57.5 Å². The van der Waals surface area contributed by atoms with Crippen molar-refractivity contribution in [2.75, 3.05) is 31.3 Å². The predicted octanol–water partition coefficient (Wildman–Crippen LogP) is 3.21. The predicted molar refractivity (Wildman–Crippen MR) is 82.0 cm³/mol. The molecule has 1 N–H and O–H groups in total. The SMILES string of the molecule is CNCCCC1CSc2ccc(C)c(C)c2N1C. The maximum atomic E-state index is 3.24. The highest BCUT2D eigenvalue weighted by molar-refractivity contribution is 7.99. The summed E-state index contributed by atoms with van der Waals surface area (Å²) in [6.07, 6.45) is 2.53. The van der Waals surface area contributed by atoms with Gasteiger partial charge >= 0.3 is 0 Å². The van der Waals surface area contributed by atoms with Crippen molar-refractivity contribution in [2.24, 2.45) is 0 Å². The Labute approximate surface area is 115 Å². The van der Waals surface area contributed by atoms with Crippen LogP contribution < -0.4 is 10.2 Å². The number of anilines is 1. The third-order valence-electron chi connectivity index (χ3n) is 3.96. The zero-order valence-corrected chi connectivity index (χ0v) is 12.7. The van der Waals surface area contributed by atoms with Crippen LogP contribution in [0.2, 0.25) is 0 Å². The molecule has 1 heterocycles. The van der Waals surface area contributed by atoms with Crippen LogP contribution in [0.5, 0.6) is 0 Å². The molecule has 2 nitrogen and oxygen atoms in total. The Morgan fingerprint density at radius 1 is 1.39 bits per heavy atom. The van der Waals surface area contributed by atoms with Crippen molar-refractivity contribution >= 4 is 17.4 Å². The summed E-state index contributed by atoms with van der Waals surface area (Å²) < 4.78 is 0. The molecule has 0 bridgehead atoms. The Balaban J connectivity index is 2.16. The lowest BCUT2D eigenvalue weighted by Gasteiger charge is -2.37. The molecule has 0 saturated heterocycles. The normalized spacial score (nSPS) is 18.9. The van der Waals surface area contributed by atoms with Crippen LogP contribution in [-0.2, 0) is 0 Å². The molecular formula is C15H24N2S. The van der Waals surface area contributed by atoms with Gasteiger partial charge in [0, 0.05) is 23.7 Å². The van der Waals surface area contributed by atoms with Crippen LogP contribution in [0.1, 0.15) is 24.0 Å². The Kier molecular flexibility index (Phi) is 4.57. The summed E-state index contributed by atoms with van der Waals surface area (Å²) in [5.74, 6) is 1.22. The maximum Gasteiger partial charge on any atom is 0.0536 e. The lowest BCUT2D eigenvalue weighted by atomic mass is 10.0. The molecule has 1 aliphatic heterocycles. The summed E-state index contributed by atoms with van der Waals surface area (Å²) in [5.41, 5.74) is 4.30. The van der Waals surface area contributed by atoms with Gasteiger partial charge < -0.3 is 10.2 Å². The molecule has 0 aromatic heterocycles. The van der Waals surface area contributed by atoms with E-state index in [0.717, 1.165) is 6.54 Å². The van der Waals surface area contributed by atoms with Crippen LogP contribution >= 0.6 is 11.8 Å². The highest BCUT2D eigenvalue weighted by Crippen LogP contribution is 2.40. The molecule has 1 unspecified atom stereocenters. The molecule has 0 aliphatic carbocycles. The largest absolute Gasteiger partial charge is 0.370 e. The Hall–Kier alpha value is -0.670. The highest BCUT2D eigenvalue weighted by atomic mass is 32.2. The molecule has 1 aromatic rings. The molecule has 1 aromatic carbocycles. The summed E-state index contributed by atoms with van der Waals surface area (Å²) in [6.45, 7) is 5.58. The minimum Gasteiger partial charge on any atom is -0.370 e. The summed E-state index contributed by atoms with van der Waals surface area (Å²) >= 11 is 2.02. The number of nitrogens with zero attached hydrogens (tertiary/aromatic N) is 1. The van der Waals surface area contributed by atoms with E-state index in [4.69, 9.17) is 0 Å². The number of fused-ring (bicyclic) bond motifs is 1. The van der Waals surface area contributed by atoms with Crippen molar-refractivity contribution in [1.82, 2.24) is 5.32 Å². The molecule has 0 fully saturated rings. The van der Waals surface area contributed by atoms with Gasteiger partial charge in [0.1, 0.15) is 0 Å². The zero-order valence-electron chi connectivity index (χ0n) is 11.9. The molecular weight excluding hydrogens is 240 g/mol. The minimum atomic E-state index is 0.677. The Morgan fingerprint density at radius 3 is 2.89 bits per heavy atom. The molecule has 18 heavy (non-hydrogen) atoms. The molecule has 1 aliphatic rings. The Morgan fingerprint density at radius 2 is 2.17 bits per heavy atom. The van der Waals surface area contributed by atoms with Gasteiger partial charge in [0.15, 0.2) is 0 Å². The van der Waals surface area contributed by atoms with Crippen molar-refractivity contribution in [1.29, 1.82) is 0 Å². The highest BCUT2D eigenvalue weighted by Gasteiger charge is 2.25. The number of thioether (sulfide) groups is 1. The average molecular weight is 264 g/mol. The molecule has 0 saturated carbocycles. The van der Waals surface area contributed by atoms with Crippen molar-refractivity contribution in [3.8, 4) is 0 Å². The number of aryl methyl sites for hydroxylation is 1. The van der Waals surface area contributed by atoms with Crippen LogP contribution in [0, 0.1) is 13.8 Å². The molecule has 2 rings (SSSR count). The van der Waals surface area contributed by atoms with E-state index in [1.165, 1.54) is 40.3 Å². The van der Waals surface area contributed by atoms with Gasteiger partial charge in [-0.3, -0.25) is 0 Å². The standard InChI is InChI=1S/C15H24N2S/c1-11-7-8-14-15(12(11)2)17(4)13(10-18-14)6-5-9-16-3/h7-8,13,16H,5-6,9-10H2,1-4H3. The van der Waals surface area contributed by atoms with E-state index in [-0.39, 0.29) is 0 Å². The summed E-state index contributed by atoms with van der Waals surface area (Å²) in [6, 6.07) is 5.20. The van der Waals surface area contributed by atoms with Gasteiger partial charge in [-0.2, -0.15) is 0 Å². The monoisotopic (exact) mass is 264 g/mol. The number of nitrogens with one attached hydrogen (secondary N) is 1. The van der Waals surface area contributed by atoms with E-state index in [1.54, 1.807) is 0 Å². The molecule has 0 radical (unpaired) electrons. The van der Waals surface area contributed by atoms with Gasteiger partial charge in [-0.25, -0.2) is 0 Å². The summed E-state index contributed by atoms with van der Waals surface area (Å²) in [4.78, 5) is 3.95. The van der Waals surface area contributed by atoms with Crippen molar-refractivity contribution in [2.45, 2.75) is 37.6 Å². The van der Waals surface area contributed by atoms with Gasteiger partial charge in [0.25, 0.3) is 0 Å². The van der Waals surface area contributed by atoms with Gasteiger partial charge in [-0.15, -0.1) is 11.8 Å². The third kappa shape index (κ3) is 2.67. The number of benzene rings is 1. The van der Waals surface area contributed by atoms with E-state index in [0.29, 0.717) is 6.04 Å². The van der Waals surface area contributed by atoms with Crippen LogP contribution in [0.4, 0.5) is 5.69 Å². The second-order valence-corrected chi connectivity index (χ2v) is 6.24. The first-order valence-corrected chi connectivity index (χ1v) is 7.74. The minimum absolute atomic E-state index is 0.677. The lowest BCUT2D eigenvalue weighted by molar-refractivity contribution is 0.577. The first kappa shape index (κ1) is 13.8. The zero-order chi connectivity index (χ0) is 13.1. The van der Waals surface area contributed by atoms with E-state index in [2.05, 4.69) is 43.2 Å². The first-order chi connectivity index (χ1) is 8.65. The average Bonchev–Trinajstić information content (AvgIpc) is 2.36. The Bertz CT molecular complexity index is 417. The van der Waals surface area contributed by atoms with Gasteiger partial charge in [0.05, 0.1) is 5.69 Å². The van der Waals surface area contributed by atoms with E-state index >= 15 is 0 Å². The van der Waals surface area contributed by atoms with Crippen LogP contribution in [0.15, 0.2) is 17.0 Å². The van der Waals surface area contributed by atoms with Gasteiger partial charge in [0.2, 0.25) is 0 Å². The quantitative estimate of drug-likeness (QED) is 0.841. The van der Waals surface area contributed by atoms with Crippen LogP contribution in [0.25, 0.3) is 0 Å². The van der Waals surface area contributed by atoms with Gasteiger partial charge in [-0.1, -0.05) is 6.07 Å². The van der Waals surface area contributed by atoms with E-state index in [9.17, 15) is 0 Å². The molecule has 1 atom stereocenters. The number of hydrogen-bond donors (Lipinski definition) is 1. The molecule has 3 heteroatoms. The van der Waals surface area contributed by atoms with Crippen molar-refractivity contribution < 1.29 is 0 Å². The number of hydrogen-bond acceptors (Lipinski definition) is 3. The fraction of sp³-hybridized carbons (Fsp3) is 0.600. The second-order valence-electron chi connectivity index (χ2n) is 5.18. The van der Waals surface area contributed by atoms with Crippen LogP contribution in [0.3, 0.4) is 0 Å². The van der Waals surface area contributed by atoms with E-state index in [1.807, 2.05) is 18.8 Å². The fourth-order valence-electron chi connectivity index (χ4n) is 2.60. The summed E-state index contributed by atoms with van der Waals surface area (Å²) in [7, 11) is 4.29. The lowest BCUT2D eigenvalue weighted by Crippen LogP contribution is -2.37. The van der Waals surface area contributed by atoms with Crippen molar-refractivity contribution in [3.05, 3.63) is 23.3 Å². The number of rotatable bonds is 4. The third-order valence-corrected chi connectivity index (χ3v) is 5.15. The second kappa shape index (κ2) is 5.98. The summed E-state index contributed by atoms with van der Waals surface area (Å²) in [5, 5.41) is 3.24. The smallest absolute Gasteiger partial charge is 0.0536 e.